The highest BCUT2D eigenvalue weighted by Crippen LogP contribution is 2.24. The lowest BCUT2D eigenvalue weighted by molar-refractivity contribution is 0.0879. The van der Waals surface area contributed by atoms with Gasteiger partial charge < -0.3 is 5.32 Å². The fourth-order valence-corrected chi connectivity index (χ4v) is 2.62. The number of nitrogens with one attached hydrogen (secondary N) is 2. The van der Waals surface area contributed by atoms with E-state index in [2.05, 4.69) is 10.6 Å². The van der Waals surface area contributed by atoms with Gasteiger partial charge in [-0.05, 0) is 35.9 Å². The molecule has 0 saturated heterocycles. The number of fused-ring (bicyclic) bond motifs is 1. The van der Waals surface area contributed by atoms with Gasteiger partial charge in [0.15, 0.2) is 0 Å². The number of hydrogen-bond acceptors (Lipinski definition) is 3. The Balaban J connectivity index is 1.79. The Morgan fingerprint density at radius 3 is 2.48 bits per heavy atom. The molecule has 3 rings (SSSR count). The lowest BCUT2D eigenvalue weighted by atomic mass is 10.1. The van der Waals surface area contributed by atoms with E-state index in [1.54, 1.807) is 30.3 Å². The molecule has 21 heavy (non-hydrogen) atoms. The molecular formula is C15H10Cl2N2O2. The SMILES string of the molecule is O=C1NC(=O)c2cc(NCc3ccc(Cl)cc3Cl)ccc21. The molecule has 1 aliphatic heterocycles. The van der Waals surface area contributed by atoms with E-state index in [4.69, 9.17) is 23.2 Å². The van der Waals surface area contributed by atoms with E-state index in [1.165, 1.54) is 0 Å². The summed E-state index contributed by atoms with van der Waals surface area (Å²) in [6, 6.07) is 10.3. The lowest BCUT2D eigenvalue weighted by Crippen LogP contribution is -2.19. The maximum atomic E-state index is 11.6. The van der Waals surface area contributed by atoms with Gasteiger partial charge in [-0.15, -0.1) is 0 Å². The van der Waals surface area contributed by atoms with Crippen molar-refractivity contribution < 1.29 is 9.59 Å². The molecule has 2 aromatic rings. The van der Waals surface area contributed by atoms with E-state index in [0.29, 0.717) is 27.7 Å². The quantitative estimate of drug-likeness (QED) is 0.851. The number of amides is 2. The first kappa shape index (κ1) is 13.9. The Kier molecular flexibility index (Phi) is 3.57. The second-order valence-corrected chi connectivity index (χ2v) is 5.48. The molecule has 0 unspecified atom stereocenters. The van der Waals surface area contributed by atoms with Crippen LogP contribution in [0.1, 0.15) is 26.3 Å². The molecule has 1 heterocycles. The molecule has 6 heteroatoms. The molecular weight excluding hydrogens is 311 g/mol. The Hall–Kier alpha value is -2.04. The summed E-state index contributed by atoms with van der Waals surface area (Å²) in [4.78, 5) is 23.1. The number of rotatable bonds is 3. The summed E-state index contributed by atoms with van der Waals surface area (Å²) >= 11 is 11.9. The molecule has 0 spiro atoms. The van der Waals surface area contributed by atoms with Gasteiger partial charge in [-0.25, -0.2) is 0 Å². The van der Waals surface area contributed by atoms with E-state index in [0.717, 1.165) is 11.3 Å². The summed E-state index contributed by atoms with van der Waals surface area (Å²) in [5.74, 6) is -0.731. The van der Waals surface area contributed by atoms with Gasteiger partial charge in [-0.2, -0.15) is 0 Å². The van der Waals surface area contributed by atoms with Gasteiger partial charge in [0, 0.05) is 22.3 Å². The van der Waals surface area contributed by atoms with Crippen molar-refractivity contribution >= 4 is 40.7 Å². The molecule has 0 aliphatic carbocycles. The number of halogens is 2. The molecule has 106 valence electrons. The third-order valence-electron chi connectivity index (χ3n) is 3.23. The van der Waals surface area contributed by atoms with Crippen LogP contribution in [0.15, 0.2) is 36.4 Å². The topological polar surface area (TPSA) is 58.2 Å². The van der Waals surface area contributed by atoms with E-state index in [9.17, 15) is 9.59 Å². The van der Waals surface area contributed by atoms with Gasteiger partial charge >= 0.3 is 0 Å². The fourth-order valence-electron chi connectivity index (χ4n) is 2.14. The molecule has 0 fully saturated rings. The Morgan fingerprint density at radius 1 is 0.952 bits per heavy atom. The highest BCUT2D eigenvalue weighted by atomic mass is 35.5. The van der Waals surface area contributed by atoms with Gasteiger partial charge in [0.1, 0.15) is 0 Å². The third kappa shape index (κ3) is 2.73. The normalized spacial score (nSPS) is 13.0. The van der Waals surface area contributed by atoms with Crippen LogP contribution in [0.3, 0.4) is 0 Å². The molecule has 2 amide bonds. The summed E-state index contributed by atoms with van der Waals surface area (Å²) in [6.45, 7) is 0.490. The van der Waals surface area contributed by atoms with Crippen molar-refractivity contribution in [3.05, 3.63) is 63.1 Å². The van der Waals surface area contributed by atoms with Crippen molar-refractivity contribution in [1.82, 2.24) is 5.32 Å². The number of carbonyl (C=O) groups excluding carboxylic acids is 2. The summed E-state index contributed by atoms with van der Waals surface area (Å²) in [7, 11) is 0. The van der Waals surface area contributed by atoms with Crippen LogP contribution in [0.4, 0.5) is 5.69 Å². The molecule has 0 aromatic heterocycles. The largest absolute Gasteiger partial charge is 0.381 e. The highest BCUT2D eigenvalue weighted by molar-refractivity contribution is 6.35. The molecule has 2 aromatic carbocycles. The summed E-state index contributed by atoms with van der Waals surface area (Å²) in [5.41, 5.74) is 2.41. The third-order valence-corrected chi connectivity index (χ3v) is 3.82. The van der Waals surface area contributed by atoms with Crippen molar-refractivity contribution in [2.24, 2.45) is 0 Å². The molecule has 0 radical (unpaired) electrons. The smallest absolute Gasteiger partial charge is 0.259 e. The zero-order valence-electron chi connectivity index (χ0n) is 10.7. The summed E-state index contributed by atoms with van der Waals surface area (Å²) in [5, 5.41) is 6.58. The number of imide groups is 1. The van der Waals surface area contributed by atoms with Crippen LogP contribution in [0.5, 0.6) is 0 Å². The maximum Gasteiger partial charge on any atom is 0.259 e. The number of hydrogen-bond donors (Lipinski definition) is 2. The van der Waals surface area contributed by atoms with E-state index in [1.807, 2.05) is 6.07 Å². The van der Waals surface area contributed by atoms with Crippen molar-refractivity contribution in [3.8, 4) is 0 Å². The Bertz CT molecular complexity index is 759. The second kappa shape index (κ2) is 5.39. The molecule has 1 aliphatic rings. The second-order valence-electron chi connectivity index (χ2n) is 4.63. The molecule has 2 N–H and O–H groups in total. The average molecular weight is 321 g/mol. The molecule has 0 saturated carbocycles. The highest BCUT2D eigenvalue weighted by Gasteiger charge is 2.26. The molecule has 0 atom stereocenters. The van der Waals surface area contributed by atoms with Gasteiger partial charge in [0.2, 0.25) is 0 Å². The van der Waals surface area contributed by atoms with Crippen molar-refractivity contribution in [3.63, 3.8) is 0 Å². The summed E-state index contributed by atoms with van der Waals surface area (Å²) < 4.78 is 0. The first-order chi connectivity index (χ1) is 10.0. The van der Waals surface area contributed by atoms with Crippen molar-refractivity contribution in [2.45, 2.75) is 6.54 Å². The minimum absolute atomic E-state index is 0.359. The van der Waals surface area contributed by atoms with Crippen LogP contribution in [-0.4, -0.2) is 11.8 Å². The Labute approximate surface area is 131 Å². The van der Waals surface area contributed by atoms with Crippen molar-refractivity contribution in [1.29, 1.82) is 0 Å². The molecule has 4 nitrogen and oxygen atoms in total. The zero-order valence-corrected chi connectivity index (χ0v) is 12.3. The lowest BCUT2D eigenvalue weighted by Gasteiger charge is -2.09. The van der Waals surface area contributed by atoms with Crippen LogP contribution in [-0.2, 0) is 6.54 Å². The standard InChI is InChI=1S/C15H10Cl2N2O2/c16-9-2-1-8(13(17)5-9)7-18-10-3-4-11-12(6-10)15(21)19-14(11)20/h1-6,18H,7H2,(H,19,20,21). The van der Waals surface area contributed by atoms with E-state index >= 15 is 0 Å². The zero-order chi connectivity index (χ0) is 15.0. The molecule has 0 bridgehead atoms. The van der Waals surface area contributed by atoms with Crippen LogP contribution >= 0.6 is 23.2 Å². The van der Waals surface area contributed by atoms with E-state index in [-0.39, 0.29) is 11.8 Å². The average Bonchev–Trinajstić information content (AvgIpc) is 2.73. The monoisotopic (exact) mass is 320 g/mol. The number of anilines is 1. The van der Waals surface area contributed by atoms with Crippen LogP contribution in [0, 0.1) is 0 Å². The van der Waals surface area contributed by atoms with Gasteiger partial charge in [-0.3, -0.25) is 14.9 Å². The van der Waals surface area contributed by atoms with Crippen LogP contribution < -0.4 is 10.6 Å². The van der Waals surface area contributed by atoms with Crippen LogP contribution in [0.2, 0.25) is 10.0 Å². The first-order valence-corrected chi connectivity index (χ1v) is 6.98. The number of benzene rings is 2. The maximum absolute atomic E-state index is 11.6. The summed E-state index contributed by atoms with van der Waals surface area (Å²) in [6.07, 6.45) is 0. The van der Waals surface area contributed by atoms with Gasteiger partial charge in [0.05, 0.1) is 11.1 Å². The Morgan fingerprint density at radius 2 is 1.71 bits per heavy atom. The predicted molar refractivity (Wildman–Crippen MR) is 82.0 cm³/mol. The van der Waals surface area contributed by atoms with Gasteiger partial charge in [-0.1, -0.05) is 29.3 Å². The van der Waals surface area contributed by atoms with E-state index < -0.39 is 0 Å². The fraction of sp³-hybridized carbons (Fsp3) is 0.0667. The van der Waals surface area contributed by atoms with Gasteiger partial charge in [0.25, 0.3) is 11.8 Å². The number of carbonyl (C=O) groups is 2. The first-order valence-electron chi connectivity index (χ1n) is 6.22. The van der Waals surface area contributed by atoms with Crippen molar-refractivity contribution in [2.75, 3.05) is 5.32 Å². The minimum atomic E-state index is -0.372. The van der Waals surface area contributed by atoms with Crippen LogP contribution in [0.25, 0.3) is 0 Å². The minimum Gasteiger partial charge on any atom is -0.381 e. The predicted octanol–water partition coefficient (Wildman–Crippen LogP) is 3.49.